The van der Waals surface area contributed by atoms with E-state index in [0.29, 0.717) is 24.7 Å². The third-order valence-electron chi connectivity index (χ3n) is 3.92. The molecule has 0 radical (unpaired) electrons. The van der Waals surface area contributed by atoms with E-state index in [1.807, 2.05) is 36.2 Å². The van der Waals surface area contributed by atoms with E-state index in [-0.39, 0.29) is 5.91 Å². The summed E-state index contributed by atoms with van der Waals surface area (Å²) in [6.07, 6.45) is 5.99. The number of nitrogens with zero attached hydrogens (tertiary/aromatic N) is 2. The van der Waals surface area contributed by atoms with Crippen LogP contribution in [0.25, 0.3) is 0 Å². The molecule has 1 aliphatic carbocycles. The maximum atomic E-state index is 12.0. The van der Waals surface area contributed by atoms with Gasteiger partial charge in [0.15, 0.2) is 0 Å². The molecule has 0 atom stereocenters. The molecule has 0 saturated heterocycles. The molecule has 1 amide bonds. The van der Waals surface area contributed by atoms with Crippen molar-refractivity contribution in [1.29, 1.82) is 5.26 Å². The lowest BCUT2D eigenvalue weighted by molar-refractivity contribution is -0.123. The molecule has 4 nitrogen and oxygen atoms in total. The number of hydrogen-bond acceptors (Lipinski definition) is 3. The summed E-state index contributed by atoms with van der Waals surface area (Å²) < 4.78 is 0. The Labute approximate surface area is 126 Å². The lowest BCUT2D eigenvalue weighted by Crippen LogP contribution is -2.41. The van der Waals surface area contributed by atoms with Crippen molar-refractivity contribution in [2.45, 2.75) is 44.7 Å². The van der Waals surface area contributed by atoms with Gasteiger partial charge in [0.25, 0.3) is 0 Å². The van der Waals surface area contributed by atoms with Gasteiger partial charge in [0.1, 0.15) is 0 Å². The molecule has 112 valence electrons. The first kappa shape index (κ1) is 15.5. The highest BCUT2D eigenvalue weighted by Crippen LogP contribution is 2.17. The molecule has 0 heterocycles. The molecule has 0 aromatic heterocycles. The van der Waals surface area contributed by atoms with Gasteiger partial charge in [0, 0.05) is 12.6 Å². The van der Waals surface area contributed by atoms with Crippen molar-refractivity contribution in [2.24, 2.45) is 0 Å². The number of nitriles is 1. The van der Waals surface area contributed by atoms with Crippen LogP contribution < -0.4 is 5.32 Å². The number of carbonyl (C=O) groups excluding carboxylic acids is 1. The summed E-state index contributed by atoms with van der Waals surface area (Å²) in [5.41, 5.74) is 1.78. The fourth-order valence-electron chi connectivity index (χ4n) is 2.82. The average molecular weight is 285 g/mol. The summed E-state index contributed by atoms with van der Waals surface area (Å²) in [6.45, 7) is 1.13. The van der Waals surface area contributed by atoms with Crippen LogP contribution in [0, 0.1) is 11.3 Å². The van der Waals surface area contributed by atoms with Crippen LogP contribution in [0.5, 0.6) is 0 Å². The fourth-order valence-corrected chi connectivity index (χ4v) is 2.82. The molecular formula is C17H23N3O. The molecule has 2 rings (SSSR count). The topological polar surface area (TPSA) is 56.1 Å². The number of benzene rings is 1. The predicted octanol–water partition coefficient (Wildman–Crippen LogP) is 2.44. The zero-order valence-corrected chi connectivity index (χ0v) is 12.6. The highest BCUT2D eigenvalue weighted by atomic mass is 16.2. The summed E-state index contributed by atoms with van der Waals surface area (Å²) in [7, 11) is 1.94. The van der Waals surface area contributed by atoms with Gasteiger partial charge in [-0.15, -0.1) is 0 Å². The second kappa shape index (κ2) is 7.80. The third kappa shape index (κ3) is 5.20. The van der Waals surface area contributed by atoms with E-state index >= 15 is 0 Å². The molecule has 0 aliphatic heterocycles. The molecule has 1 N–H and O–H groups in total. The Kier molecular flexibility index (Phi) is 5.77. The molecular weight excluding hydrogens is 262 g/mol. The monoisotopic (exact) mass is 285 g/mol. The lowest BCUT2D eigenvalue weighted by Gasteiger charge is -2.24. The van der Waals surface area contributed by atoms with Gasteiger partial charge in [-0.2, -0.15) is 5.26 Å². The smallest absolute Gasteiger partial charge is 0.234 e. The molecule has 21 heavy (non-hydrogen) atoms. The molecule has 1 aromatic rings. The average Bonchev–Trinajstić information content (AvgIpc) is 2.48. The lowest BCUT2D eigenvalue weighted by atomic mass is 9.95. The van der Waals surface area contributed by atoms with E-state index in [4.69, 9.17) is 5.26 Å². The number of amides is 1. The van der Waals surface area contributed by atoms with Crippen LogP contribution in [0.3, 0.4) is 0 Å². The van der Waals surface area contributed by atoms with E-state index < -0.39 is 0 Å². The Balaban J connectivity index is 1.76. The van der Waals surface area contributed by atoms with Gasteiger partial charge in [0.05, 0.1) is 18.2 Å². The minimum atomic E-state index is 0.109. The molecule has 1 aromatic carbocycles. The van der Waals surface area contributed by atoms with Crippen LogP contribution in [-0.2, 0) is 11.3 Å². The van der Waals surface area contributed by atoms with Gasteiger partial charge in [-0.1, -0.05) is 31.4 Å². The second-order valence-corrected chi connectivity index (χ2v) is 5.88. The van der Waals surface area contributed by atoms with E-state index in [1.165, 1.54) is 19.3 Å². The Morgan fingerprint density at radius 1 is 1.29 bits per heavy atom. The molecule has 0 bridgehead atoms. The zero-order chi connectivity index (χ0) is 15.1. The highest BCUT2D eigenvalue weighted by Gasteiger charge is 2.16. The maximum absolute atomic E-state index is 12.0. The Morgan fingerprint density at radius 3 is 2.57 bits per heavy atom. The zero-order valence-electron chi connectivity index (χ0n) is 12.6. The summed E-state index contributed by atoms with van der Waals surface area (Å²) in [5, 5.41) is 11.9. The van der Waals surface area contributed by atoms with Crippen LogP contribution in [0.15, 0.2) is 24.3 Å². The summed E-state index contributed by atoms with van der Waals surface area (Å²) >= 11 is 0. The molecule has 0 spiro atoms. The second-order valence-electron chi connectivity index (χ2n) is 5.88. The number of hydrogen-bond donors (Lipinski definition) is 1. The third-order valence-corrected chi connectivity index (χ3v) is 3.92. The largest absolute Gasteiger partial charge is 0.352 e. The Hall–Kier alpha value is -1.86. The minimum Gasteiger partial charge on any atom is -0.352 e. The highest BCUT2D eigenvalue weighted by molar-refractivity contribution is 5.78. The molecule has 1 fully saturated rings. The number of nitrogens with one attached hydrogen (secondary N) is 1. The van der Waals surface area contributed by atoms with Crippen LogP contribution in [-0.4, -0.2) is 30.4 Å². The van der Waals surface area contributed by atoms with Crippen molar-refractivity contribution >= 4 is 5.91 Å². The van der Waals surface area contributed by atoms with Crippen molar-refractivity contribution in [2.75, 3.05) is 13.6 Å². The SMILES string of the molecule is CN(CC(=O)NC1CCCCC1)Cc1ccc(C#N)cc1. The van der Waals surface area contributed by atoms with Gasteiger partial charge >= 0.3 is 0 Å². The predicted molar refractivity (Wildman–Crippen MR) is 82.5 cm³/mol. The summed E-state index contributed by atoms with van der Waals surface area (Å²) in [4.78, 5) is 14.0. The van der Waals surface area contributed by atoms with Crippen molar-refractivity contribution in [3.63, 3.8) is 0 Å². The van der Waals surface area contributed by atoms with Crippen LogP contribution >= 0.6 is 0 Å². The quantitative estimate of drug-likeness (QED) is 0.904. The van der Waals surface area contributed by atoms with Gasteiger partial charge in [-0.3, -0.25) is 9.69 Å². The van der Waals surface area contributed by atoms with Gasteiger partial charge < -0.3 is 5.32 Å². The van der Waals surface area contributed by atoms with E-state index in [9.17, 15) is 4.79 Å². The fraction of sp³-hybridized carbons (Fsp3) is 0.529. The van der Waals surface area contributed by atoms with Crippen molar-refractivity contribution in [3.05, 3.63) is 35.4 Å². The molecule has 0 unspecified atom stereocenters. The van der Waals surface area contributed by atoms with E-state index in [1.54, 1.807) is 0 Å². The molecule has 4 heteroatoms. The van der Waals surface area contributed by atoms with E-state index in [0.717, 1.165) is 18.4 Å². The Bertz CT molecular complexity index is 498. The normalized spacial score (nSPS) is 15.7. The number of rotatable bonds is 5. The van der Waals surface area contributed by atoms with E-state index in [2.05, 4.69) is 11.4 Å². The van der Waals surface area contributed by atoms with Gasteiger partial charge in [-0.25, -0.2) is 0 Å². The first-order valence-electron chi connectivity index (χ1n) is 7.64. The molecule has 1 aliphatic rings. The first-order chi connectivity index (χ1) is 10.2. The van der Waals surface area contributed by atoms with Crippen LogP contribution in [0.4, 0.5) is 0 Å². The van der Waals surface area contributed by atoms with Crippen molar-refractivity contribution in [3.8, 4) is 6.07 Å². The first-order valence-corrected chi connectivity index (χ1v) is 7.64. The van der Waals surface area contributed by atoms with Gasteiger partial charge in [0.2, 0.25) is 5.91 Å². The van der Waals surface area contributed by atoms with Crippen LogP contribution in [0.2, 0.25) is 0 Å². The van der Waals surface area contributed by atoms with Crippen molar-refractivity contribution < 1.29 is 4.79 Å². The number of carbonyl (C=O) groups is 1. The number of likely N-dealkylation sites (N-methyl/N-ethyl adjacent to an activating group) is 1. The summed E-state index contributed by atoms with van der Waals surface area (Å²) in [5.74, 6) is 0.109. The Morgan fingerprint density at radius 2 is 1.95 bits per heavy atom. The van der Waals surface area contributed by atoms with Crippen molar-refractivity contribution in [1.82, 2.24) is 10.2 Å². The standard InChI is InChI=1S/C17H23N3O/c1-20(12-15-9-7-14(11-18)8-10-15)13-17(21)19-16-5-3-2-4-6-16/h7-10,16H,2-6,12-13H2,1H3,(H,19,21). The molecule has 1 saturated carbocycles. The maximum Gasteiger partial charge on any atom is 0.234 e. The summed E-state index contributed by atoms with van der Waals surface area (Å²) in [6, 6.07) is 9.98. The minimum absolute atomic E-state index is 0.109. The van der Waals surface area contributed by atoms with Gasteiger partial charge in [-0.05, 0) is 37.6 Å². The van der Waals surface area contributed by atoms with Crippen LogP contribution in [0.1, 0.15) is 43.2 Å².